The van der Waals surface area contributed by atoms with Crippen LogP contribution < -0.4 is 5.73 Å². The van der Waals surface area contributed by atoms with Crippen LogP contribution in [0.1, 0.15) is 10.4 Å². The number of nitrogens with zero attached hydrogens (tertiary/aromatic N) is 1. The Balaban J connectivity index is 2.46. The first-order valence-electron chi connectivity index (χ1n) is 4.82. The highest BCUT2D eigenvalue weighted by Gasteiger charge is 2.09. The predicted octanol–water partition coefficient (Wildman–Crippen LogP) is 2.79. The van der Waals surface area contributed by atoms with Crippen LogP contribution in [0.15, 0.2) is 41.0 Å². The fourth-order valence-electron chi connectivity index (χ4n) is 1.45. The lowest BCUT2D eigenvalue weighted by molar-refractivity contribution is 0.0696. The number of aromatic carboxylic acids is 1. The molecule has 86 valence electrons. The van der Waals surface area contributed by atoms with Gasteiger partial charge in [0.15, 0.2) is 0 Å². The number of pyridine rings is 1. The van der Waals surface area contributed by atoms with Crippen molar-refractivity contribution < 1.29 is 9.90 Å². The summed E-state index contributed by atoms with van der Waals surface area (Å²) in [6.07, 6.45) is 1.30. The molecule has 0 atom stereocenters. The Morgan fingerprint density at radius 2 is 1.94 bits per heavy atom. The lowest BCUT2D eigenvalue weighted by Gasteiger charge is -2.05. The summed E-state index contributed by atoms with van der Waals surface area (Å²) in [7, 11) is 0. The molecule has 1 aromatic heterocycles. The first-order valence-corrected chi connectivity index (χ1v) is 5.62. The standard InChI is InChI=1S/C12H9BrN2O2/c13-9-3-1-7(2-4-9)11-10(14)5-8(6-15-11)12(16)17/h1-6H,14H2,(H,16,17). The van der Waals surface area contributed by atoms with E-state index >= 15 is 0 Å². The van der Waals surface area contributed by atoms with E-state index in [1.165, 1.54) is 12.3 Å². The van der Waals surface area contributed by atoms with E-state index in [0.717, 1.165) is 10.0 Å². The Bertz CT molecular complexity index is 567. The lowest BCUT2D eigenvalue weighted by atomic mass is 10.1. The van der Waals surface area contributed by atoms with Crippen LogP contribution in [-0.4, -0.2) is 16.1 Å². The van der Waals surface area contributed by atoms with Crippen LogP contribution in [0.3, 0.4) is 0 Å². The van der Waals surface area contributed by atoms with E-state index in [2.05, 4.69) is 20.9 Å². The zero-order chi connectivity index (χ0) is 12.4. The van der Waals surface area contributed by atoms with Crippen LogP contribution in [0.4, 0.5) is 5.69 Å². The van der Waals surface area contributed by atoms with Crippen molar-refractivity contribution in [1.29, 1.82) is 0 Å². The van der Waals surface area contributed by atoms with Crippen molar-refractivity contribution in [3.8, 4) is 11.3 Å². The number of rotatable bonds is 2. The third-order valence-corrected chi connectivity index (χ3v) is 2.81. The summed E-state index contributed by atoms with van der Waals surface area (Å²) in [6, 6.07) is 8.89. The Labute approximate surface area is 106 Å². The summed E-state index contributed by atoms with van der Waals surface area (Å²) in [6.45, 7) is 0. The highest BCUT2D eigenvalue weighted by atomic mass is 79.9. The van der Waals surface area contributed by atoms with Gasteiger partial charge >= 0.3 is 5.97 Å². The van der Waals surface area contributed by atoms with Gasteiger partial charge in [0, 0.05) is 16.2 Å². The van der Waals surface area contributed by atoms with Crippen molar-refractivity contribution in [3.05, 3.63) is 46.6 Å². The van der Waals surface area contributed by atoms with Crippen LogP contribution in [0.5, 0.6) is 0 Å². The molecule has 5 heteroatoms. The third kappa shape index (κ3) is 2.45. The van der Waals surface area contributed by atoms with E-state index in [1.807, 2.05) is 24.3 Å². The summed E-state index contributed by atoms with van der Waals surface area (Å²) in [5, 5.41) is 8.81. The van der Waals surface area contributed by atoms with E-state index < -0.39 is 5.97 Å². The van der Waals surface area contributed by atoms with Gasteiger partial charge in [0.05, 0.1) is 16.9 Å². The number of hydrogen-bond donors (Lipinski definition) is 2. The van der Waals surface area contributed by atoms with Gasteiger partial charge in [-0.2, -0.15) is 0 Å². The molecule has 0 spiro atoms. The molecule has 0 amide bonds. The molecular weight excluding hydrogens is 284 g/mol. The minimum Gasteiger partial charge on any atom is -0.478 e. The quantitative estimate of drug-likeness (QED) is 0.892. The second-order valence-corrected chi connectivity index (χ2v) is 4.39. The molecule has 2 rings (SSSR count). The minimum absolute atomic E-state index is 0.0864. The maximum Gasteiger partial charge on any atom is 0.337 e. The Hall–Kier alpha value is -1.88. The van der Waals surface area contributed by atoms with Gasteiger partial charge in [0.25, 0.3) is 0 Å². The second-order valence-electron chi connectivity index (χ2n) is 3.47. The molecule has 0 aliphatic heterocycles. The first kappa shape index (κ1) is 11.6. The van der Waals surface area contributed by atoms with Gasteiger partial charge in [-0.05, 0) is 18.2 Å². The van der Waals surface area contributed by atoms with E-state index in [1.54, 1.807) is 0 Å². The molecule has 0 aliphatic rings. The number of nitrogen functional groups attached to an aromatic ring is 1. The molecule has 0 unspecified atom stereocenters. The summed E-state index contributed by atoms with van der Waals surface area (Å²) >= 11 is 3.34. The third-order valence-electron chi connectivity index (χ3n) is 2.28. The van der Waals surface area contributed by atoms with Gasteiger partial charge in [-0.1, -0.05) is 28.1 Å². The summed E-state index contributed by atoms with van der Waals surface area (Å²) in [5.41, 5.74) is 7.67. The van der Waals surface area contributed by atoms with Crippen molar-refractivity contribution in [2.75, 3.05) is 5.73 Å². The van der Waals surface area contributed by atoms with Crippen molar-refractivity contribution in [3.63, 3.8) is 0 Å². The fraction of sp³-hybridized carbons (Fsp3) is 0. The lowest BCUT2D eigenvalue weighted by Crippen LogP contribution is -2.01. The number of nitrogens with two attached hydrogens (primary N) is 1. The molecule has 1 aromatic carbocycles. The maximum atomic E-state index is 10.7. The first-order chi connectivity index (χ1) is 8.08. The van der Waals surface area contributed by atoms with Crippen LogP contribution in [0.2, 0.25) is 0 Å². The molecule has 0 radical (unpaired) electrons. The molecule has 3 N–H and O–H groups in total. The number of halogens is 1. The van der Waals surface area contributed by atoms with Gasteiger partial charge in [0.1, 0.15) is 0 Å². The van der Waals surface area contributed by atoms with Gasteiger partial charge in [-0.15, -0.1) is 0 Å². The number of aromatic nitrogens is 1. The smallest absolute Gasteiger partial charge is 0.337 e. The summed E-state index contributed by atoms with van der Waals surface area (Å²) < 4.78 is 0.960. The summed E-state index contributed by atoms with van der Waals surface area (Å²) in [4.78, 5) is 14.8. The number of anilines is 1. The van der Waals surface area contributed by atoms with Crippen molar-refractivity contribution in [1.82, 2.24) is 4.98 Å². The molecule has 1 heterocycles. The minimum atomic E-state index is -1.04. The number of carboxylic acids is 1. The van der Waals surface area contributed by atoms with Gasteiger partial charge in [0.2, 0.25) is 0 Å². The van der Waals surface area contributed by atoms with E-state index in [-0.39, 0.29) is 5.56 Å². The van der Waals surface area contributed by atoms with Crippen LogP contribution >= 0.6 is 15.9 Å². The Morgan fingerprint density at radius 3 is 2.47 bits per heavy atom. The van der Waals surface area contributed by atoms with Gasteiger partial charge < -0.3 is 10.8 Å². The molecule has 0 aliphatic carbocycles. The second kappa shape index (κ2) is 4.55. The van der Waals surface area contributed by atoms with Crippen molar-refractivity contribution in [2.24, 2.45) is 0 Å². The number of benzene rings is 1. The van der Waals surface area contributed by atoms with Gasteiger partial charge in [-0.3, -0.25) is 4.98 Å². The summed E-state index contributed by atoms with van der Waals surface area (Å²) in [5.74, 6) is -1.04. The van der Waals surface area contributed by atoms with E-state index in [0.29, 0.717) is 11.4 Å². The van der Waals surface area contributed by atoms with Crippen molar-refractivity contribution >= 4 is 27.6 Å². The monoisotopic (exact) mass is 292 g/mol. The number of carbonyl (C=O) groups is 1. The molecule has 0 saturated heterocycles. The molecular formula is C12H9BrN2O2. The van der Waals surface area contributed by atoms with Crippen LogP contribution in [0.25, 0.3) is 11.3 Å². The zero-order valence-corrected chi connectivity index (χ0v) is 10.3. The van der Waals surface area contributed by atoms with E-state index in [9.17, 15) is 4.79 Å². The van der Waals surface area contributed by atoms with E-state index in [4.69, 9.17) is 10.8 Å². The Kier molecular flexibility index (Phi) is 3.10. The van der Waals surface area contributed by atoms with Gasteiger partial charge in [-0.25, -0.2) is 4.79 Å². The average Bonchev–Trinajstić information content (AvgIpc) is 2.30. The molecule has 0 saturated carbocycles. The largest absolute Gasteiger partial charge is 0.478 e. The van der Waals surface area contributed by atoms with Crippen molar-refractivity contribution in [2.45, 2.75) is 0 Å². The fourth-order valence-corrected chi connectivity index (χ4v) is 1.71. The normalized spacial score (nSPS) is 10.2. The Morgan fingerprint density at radius 1 is 1.29 bits per heavy atom. The van der Waals surface area contributed by atoms with Crippen LogP contribution in [0, 0.1) is 0 Å². The maximum absolute atomic E-state index is 10.7. The SMILES string of the molecule is Nc1cc(C(=O)O)cnc1-c1ccc(Br)cc1. The molecule has 0 fully saturated rings. The highest BCUT2D eigenvalue weighted by Crippen LogP contribution is 2.25. The molecule has 17 heavy (non-hydrogen) atoms. The molecule has 2 aromatic rings. The molecule has 0 bridgehead atoms. The number of hydrogen-bond acceptors (Lipinski definition) is 3. The highest BCUT2D eigenvalue weighted by molar-refractivity contribution is 9.10. The zero-order valence-electron chi connectivity index (χ0n) is 8.72. The molecule has 4 nitrogen and oxygen atoms in total. The number of carboxylic acid groups (broad SMARTS) is 1. The average molecular weight is 293 g/mol. The topological polar surface area (TPSA) is 76.2 Å². The predicted molar refractivity (Wildman–Crippen MR) is 68.7 cm³/mol. The van der Waals surface area contributed by atoms with Crippen LogP contribution in [-0.2, 0) is 0 Å².